The van der Waals surface area contributed by atoms with Crippen molar-refractivity contribution in [2.75, 3.05) is 11.5 Å². The van der Waals surface area contributed by atoms with Gasteiger partial charge in [0.25, 0.3) is 0 Å². The Balaban J connectivity index is 1.52. The van der Waals surface area contributed by atoms with Gasteiger partial charge in [-0.05, 0) is 48.4 Å². The fourth-order valence-corrected chi connectivity index (χ4v) is 4.92. The molecule has 0 spiro atoms. The highest BCUT2D eigenvalue weighted by Gasteiger charge is 2.63. The van der Waals surface area contributed by atoms with Crippen LogP contribution in [0.25, 0.3) is 6.08 Å². The molecule has 3 aliphatic heterocycles. The molecule has 2 saturated heterocycles. The molecule has 31 heavy (non-hydrogen) atoms. The number of hydrogen-bond acceptors (Lipinski definition) is 6. The van der Waals surface area contributed by atoms with Crippen molar-refractivity contribution in [3.63, 3.8) is 0 Å². The average Bonchev–Trinajstić information content (AvgIpc) is 3.26. The van der Waals surface area contributed by atoms with Crippen molar-refractivity contribution in [2.45, 2.75) is 19.0 Å². The highest BCUT2D eigenvalue weighted by molar-refractivity contribution is 6.23. The lowest BCUT2D eigenvalue weighted by Crippen LogP contribution is -2.40. The van der Waals surface area contributed by atoms with E-state index < -0.39 is 23.8 Å². The van der Waals surface area contributed by atoms with Crippen molar-refractivity contribution in [2.24, 2.45) is 11.8 Å². The van der Waals surface area contributed by atoms with Crippen molar-refractivity contribution in [1.29, 1.82) is 5.26 Å². The monoisotopic (exact) mass is 413 g/mol. The van der Waals surface area contributed by atoms with Crippen molar-refractivity contribution in [3.05, 3.63) is 71.4 Å². The number of hydrogen-bond donors (Lipinski definition) is 0. The van der Waals surface area contributed by atoms with Crippen LogP contribution >= 0.6 is 0 Å². The molecule has 2 aromatic rings. The fourth-order valence-electron chi connectivity index (χ4n) is 4.92. The standard InChI is InChI=1S/C24H19N3O4/c1-2-31-24(30)15-7-9-16(10-8-15)27-22(28)19-18(13-25)26-12-11-14-5-3-4-6-17(14)21(26)20(19)23(27)29/h3-12,18-21H,2H2,1H3/t18-,19-,20-,21+/m0/s1. The summed E-state index contributed by atoms with van der Waals surface area (Å²) in [5, 5.41) is 9.85. The van der Waals surface area contributed by atoms with E-state index in [-0.39, 0.29) is 24.5 Å². The summed E-state index contributed by atoms with van der Waals surface area (Å²) in [5.74, 6) is -2.56. The van der Waals surface area contributed by atoms with Gasteiger partial charge in [0.05, 0.1) is 41.8 Å². The van der Waals surface area contributed by atoms with E-state index in [0.29, 0.717) is 11.3 Å². The third-order valence-corrected chi connectivity index (χ3v) is 6.23. The number of imide groups is 1. The lowest BCUT2D eigenvalue weighted by Gasteiger charge is -2.33. The third-order valence-electron chi connectivity index (χ3n) is 6.23. The van der Waals surface area contributed by atoms with Crippen LogP contribution in [0, 0.1) is 23.2 Å². The van der Waals surface area contributed by atoms with Gasteiger partial charge in [-0.1, -0.05) is 24.3 Å². The largest absolute Gasteiger partial charge is 0.462 e. The highest BCUT2D eigenvalue weighted by Crippen LogP contribution is 2.52. The van der Waals surface area contributed by atoms with E-state index in [1.54, 1.807) is 19.1 Å². The van der Waals surface area contributed by atoms with Crippen molar-refractivity contribution in [3.8, 4) is 6.07 Å². The summed E-state index contributed by atoms with van der Waals surface area (Å²) in [7, 11) is 0. The minimum absolute atomic E-state index is 0.260. The van der Waals surface area contributed by atoms with E-state index in [2.05, 4.69) is 6.07 Å². The number of amides is 2. The number of benzene rings is 2. The maximum atomic E-state index is 13.5. The van der Waals surface area contributed by atoms with Gasteiger partial charge in [-0.25, -0.2) is 9.69 Å². The average molecular weight is 413 g/mol. The van der Waals surface area contributed by atoms with Crippen LogP contribution in [0.15, 0.2) is 54.7 Å². The van der Waals surface area contributed by atoms with E-state index in [1.165, 1.54) is 12.1 Å². The molecule has 0 N–H and O–H groups in total. The molecule has 3 aliphatic rings. The molecule has 5 rings (SSSR count). The lowest BCUT2D eigenvalue weighted by molar-refractivity contribution is -0.123. The molecule has 7 heteroatoms. The van der Waals surface area contributed by atoms with Gasteiger partial charge in [0, 0.05) is 6.20 Å². The Labute approximate surface area is 179 Å². The van der Waals surface area contributed by atoms with Crippen LogP contribution in [-0.4, -0.2) is 35.3 Å². The Kier molecular flexibility index (Phi) is 4.36. The molecule has 0 bridgehead atoms. The van der Waals surface area contributed by atoms with Crippen molar-refractivity contribution >= 4 is 29.5 Å². The van der Waals surface area contributed by atoms with Crippen molar-refractivity contribution < 1.29 is 19.1 Å². The van der Waals surface area contributed by atoms with Gasteiger partial charge in [0.1, 0.15) is 6.04 Å². The van der Waals surface area contributed by atoms with E-state index in [0.717, 1.165) is 16.0 Å². The molecule has 0 radical (unpaired) electrons. The van der Waals surface area contributed by atoms with E-state index >= 15 is 0 Å². The molecule has 7 nitrogen and oxygen atoms in total. The minimum Gasteiger partial charge on any atom is -0.462 e. The number of carbonyl (C=O) groups excluding carboxylic acids is 3. The SMILES string of the molecule is CCOC(=O)c1ccc(N2C(=O)[C@@H]3[C@H](C2=O)[C@H]2c4ccccc4C=CN2[C@H]3C#N)cc1. The van der Waals surface area contributed by atoms with E-state index in [9.17, 15) is 19.6 Å². The van der Waals surface area contributed by atoms with Gasteiger partial charge in [-0.3, -0.25) is 9.59 Å². The van der Waals surface area contributed by atoms with Crippen LogP contribution in [0.1, 0.15) is 34.5 Å². The number of ether oxygens (including phenoxy) is 1. The Morgan fingerprint density at radius 2 is 1.77 bits per heavy atom. The zero-order valence-corrected chi connectivity index (χ0v) is 16.8. The van der Waals surface area contributed by atoms with Gasteiger partial charge < -0.3 is 9.64 Å². The number of rotatable bonds is 3. The first-order valence-corrected chi connectivity index (χ1v) is 10.2. The summed E-state index contributed by atoms with van der Waals surface area (Å²) in [6.45, 7) is 1.98. The van der Waals surface area contributed by atoms with Gasteiger partial charge in [0.15, 0.2) is 0 Å². The maximum absolute atomic E-state index is 13.5. The quantitative estimate of drug-likeness (QED) is 0.568. The topological polar surface area (TPSA) is 90.7 Å². The molecule has 2 fully saturated rings. The summed E-state index contributed by atoms with van der Waals surface area (Å²) in [4.78, 5) is 41.8. The Morgan fingerprint density at radius 3 is 2.48 bits per heavy atom. The third kappa shape index (κ3) is 2.68. The molecule has 2 aromatic carbocycles. The second kappa shape index (κ2) is 7.10. The van der Waals surface area contributed by atoms with Crippen LogP contribution in [0.5, 0.6) is 0 Å². The van der Waals surface area contributed by atoms with E-state index in [1.807, 2.05) is 41.4 Å². The lowest BCUT2D eigenvalue weighted by atomic mass is 9.85. The number of esters is 1. The van der Waals surface area contributed by atoms with Crippen LogP contribution in [0.4, 0.5) is 5.69 Å². The Morgan fingerprint density at radius 1 is 1.06 bits per heavy atom. The van der Waals surface area contributed by atoms with E-state index in [4.69, 9.17) is 4.74 Å². The predicted molar refractivity (Wildman–Crippen MR) is 111 cm³/mol. The molecule has 4 atom stereocenters. The minimum atomic E-state index is -0.747. The fraction of sp³-hybridized carbons (Fsp3) is 0.250. The molecular weight excluding hydrogens is 394 g/mol. The second-order valence-corrected chi connectivity index (χ2v) is 7.74. The van der Waals surface area contributed by atoms with Crippen LogP contribution in [-0.2, 0) is 14.3 Å². The maximum Gasteiger partial charge on any atom is 0.338 e. The Bertz CT molecular complexity index is 1160. The van der Waals surface area contributed by atoms with Crippen molar-refractivity contribution in [1.82, 2.24) is 4.90 Å². The number of nitriles is 1. The molecule has 0 aliphatic carbocycles. The second-order valence-electron chi connectivity index (χ2n) is 7.74. The molecule has 0 unspecified atom stereocenters. The first kappa shape index (κ1) is 19.1. The number of anilines is 1. The zero-order chi connectivity index (χ0) is 21.7. The first-order chi connectivity index (χ1) is 15.1. The normalized spacial score (nSPS) is 25.7. The number of fused-ring (bicyclic) bond motifs is 5. The van der Waals surface area contributed by atoms with Gasteiger partial charge in [-0.15, -0.1) is 0 Å². The molecule has 2 amide bonds. The molecular formula is C24H19N3O4. The Hall–Kier alpha value is -3.92. The summed E-state index contributed by atoms with van der Waals surface area (Å²) in [6, 6.07) is 15.1. The number of nitrogens with zero attached hydrogens (tertiary/aromatic N) is 3. The zero-order valence-electron chi connectivity index (χ0n) is 16.8. The summed E-state index contributed by atoms with van der Waals surface area (Å²) >= 11 is 0. The summed E-state index contributed by atoms with van der Waals surface area (Å²) in [5.41, 5.74) is 2.66. The van der Waals surface area contributed by atoms with Crippen LogP contribution in [0.3, 0.4) is 0 Å². The van der Waals surface area contributed by atoms with Crippen LogP contribution in [0.2, 0.25) is 0 Å². The van der Waals surface area contributed by atoms with Gasteiger partial charge >= 0.3 is 5.97 Å². The molecule has 0 saturated carbocycles. The number of carbonyl (C=O) groups is 3. The van der Waals surface area contributed by atoms with Crippen LogP contribution < -0.4 is 4.90 Å². The summed E-state index contributed by atoms with van der Waals surface area (Å²) in [6.07, 6.45) is 3.73. The van der Waals surface area contributed by atoms with Gasteiger partial charge in [0.2, 0.25) is 11.8 Å². The molecule has 154 valence electrons. The summed E-state index contributed by atoms with van der Waals surface area (Å²) < 4.78 is 4.98. The molecule has 3 heterocycles. The smallest absolute Gasteiger partial charge is 0.338 e. The molecule has 0 aromatic heterocycles. The predicted octanol–water partition coefficient (Wildman–Crippen LogP) is 2.90. The first-order valence-electron chi connectivity index (χ1n) is 10.2. The van der Waals surface area contributed by atoms with Gasteiger partial charge in [-0.2, -0.15) is 5.26 Å². The highest BCUT2D eigenvalue weighted by atomic mass is 16.5.